The van der Waals surface area contributed by atoms with Crippen molar-refractivity contribution in [2.24, 2.45) is 0 Å². The quantitative estimate of drug-likeness (QED) is 0.836. The molecule has 0 aliphatic carbocycles. The standard InChI is InChI=1S/C22H31N5O2/c1-3-28-19-11-17-10-15(2)29-20(17)12-18(19)13-26-8-9-27-21(14-26)24-25-22(27)16-4-6-23-7-5-16/h11-12,15-16,23H,3-10,13-14H2,1-2H3/t15-/m0/s1. The Hall–Kier alpha value is -2.12. The first-order valence-electron chi connectivity index (χ1n) is 11.0. The molecule has 4 heterocycles. The predicted molar refractivity (Wildman–Crippen MR) is 110 cm³/mol. The Morgan fingerprint density at radius 3 is 2.90 bits per heavy atom. The van der Waals surface area contributed by atoms with Gasteiger partial charge in [-0.05, 0) is 51.9 Å². The number of nitrogens with zero attached hydrogens (tertiary/aromatic N) is 4. The van der Waals surface area contributed by atoms with Crippen LogP contribution in [0, 0.1) is 0 Å². The van der Waals surface area contributed by atoms with E-state index < -0.39 is 0 Å². The van der Waals surface area contributed by atoms with Gasteiger partial charge >= 0.3 is 0 Å². The molecular weight excluding hydrogens is 366 g/mol. The summed E-state index contributed by atoms with van der Waals surface area (Å²) in [6, 6.07) is 4.36. The summed E-state index contributed by atoms with van der Waals surface area (Å²) in [6.07, 6.45) is 3.53. The number of nitrogens with one attached hydrogen (secondary N) is 1. The molecule has 0 radical (unpaired) electrons. The third kappa shape index (κ3) is 3.73. The van der Waals surface area contributed by atoms with E-state index in [4.69, 9.17) is 9.47 Å². The highest BCUT2D eigenvalue weighted by molar-refractivity contribution is 5.48. The summed E-state index contributed by atoms with van der Waals surface area (Å²) in [5.74, 6) is 4.84. The van der Waals surface area contributed by atoms with Gasteiger partial charge in [0.2, 0.25) is 0 Å². The molecule has 1 atom stereocenters. The molecule has 5 rings (SSSR count). The molecule has 0 amide bonds. The van der Waals surface area contributed by atoms with Crippen LogP contribution >= 0.6 is 0 Å². The normalized spacial score (nSPS) is 22.2. The van der Waals surface area contributed by atoms with Crippen molar-refractivity contribution >= 4 is 0 Å². The molecule has 1 aromatic carbocycles. The highest BCUT2D eigenvalue weighted by Gasteiger charge is 2.28. The van der Waals surface area contributed by atoms with Crippen molar-refractivity contribution in [3.63, 3.8) is 0 Å². The Balaban J connectivity index is 1.33. The van der Waals surface area contributed by atoms with Crippen LogP contribution in [0.1, 0.15) is 55.4 Å². The van der Waals surface area contributed by atoms with E-state index in [1.165, 1.54) is 17.0 Å². The Kier molecular flexibility index (Phi) is 5.18. The van der Waals surface area contributed by atoms with Crippen LogP contribution in [0.5, 0.6) is 11.5 Å². The molecule has 1 saturated heterocycles. The average molecular weight is 398 g/mol. The Bertz CT molecular complexity index is 874. The van der Waals surface area contributed by atoms with Crippen molar-refractivity contribution < 1.29 is 9.47 Å². The van der Waals surface area contributed by atoms with Gasteiger partial charge in [-0.25, -0.2) is 0 Å². The van der Waals surface area contributed by atoms with Crippen LogP contribution < -0.4 is 14.8 Å². The molecule has 0 unspecified atom stereocenters. The molecule has 2 aromatic rings. The van der Waals surface area contributed by atoms with Crippen molar-refractivity contribution in [1.82, 2.24) is 25.0 Å². The number of aromatic nitrogens is 3. The molecule has 7 heteroatoms. The number of benzene rings is 1. The van der Waals surface area contributed by atoms with E-state index in [1.807, 2.05) is 6.92 Å². The summed E-state index contributed by atoms with van der Waals surface area (Å²) in [6.45, 7) is 10.6. The lowest BCUT2D eigenvalue weighted by atomic mass is 9.97. The smallest absolute Gasteiger partial charge is 0.147 e. The molecule has 7 nitrogen and oxygen atoms in total. The SMILES string of the molecule is CCOc1cc2c(cc1CN1CCn3c(nnc3C3CCNCC3)C1)O[C@@H](C)C2. The van der Waals surface area contributed by atoms with Crippen molar-refractivity contribution in [2.75, 3.05) is 26.2 Å². The lowest BCUT2D eigenvalue weighted by molar-refractivity contribution is 0.201. The number of ether oxygens (including phenoxy) is 2. The monoisotopic (exact) mass is 397 g/mol. The fraction of sp³-hybridized carbons (Fsp3) is 0.636. The van der Waals surface area contributed by atoms with Gasteiger partial charge < -0.3 is 19.4 Å². The Morgan fingerprint density at radius 2 is 2.07 bits per heavy atom. The minimum absolute atomic E-state index is 0.247. The van der Waals surface area contributed by atoms with Gasteiger partial charge in [-0.3, -0.25) is 4.90 Å². The van der Waals surface area contributed by atoms with Crippen molar-refractivity contribution in [3.8, 4) is 11.5 Å². The van der Waals surface area contributed by atoms with E-state index >= 15 is 0 Å². The van der Waals surface area contributed by atoms with Gasteiger partial charge in [0.1, 0.15) is 29.3 Å². The highest BCUT2D eigenvalue weighted by atomic mass is 16.5. The maximum absolute atomic E-state index is 5.99. The first kappa shape index (κ1) is 18.9. The van der Waals surface area contributed by atoms with Gasteiger partial charge in [0.25, 0.3) is 0 Å². The zero-order valence-corrected chi connectivity index (χ0v) is 17.5. The molecule has 3 aliphatic rings. The lowest BCUT2D eigenvalue weighted by Crippen LogP contribution is -2.35. The van der Waals surface area contributed by atoms with E-state index in [9.17, 15) is 0 Å². The van der Waals surface area contributed by atoms with Crippen LogP contribution in [0.3, 0.4) is 0 Å². The summed E-state index contributed by atoms with van der Waals surface area (Å²) >= 11 is 0. The van der Waals surface area contributed by atoms with Crippen molar-refractivity contribution in [3.05, 3.63) is 34.9 Å². The van der Waals surface area contributed by atoms with E-state index in [2.05, 4.69) is 44.0 Å². The summed E-state index contributed by atoms with van der Waals surface area (Å²) in [7, 11) is 0. The molecule has 1 N–H and O–H groups in total. The largest absolute Gasteiger partial charge is 0.494 e. The minimum atomic E-state index is 0.247. The molecular formula is C22H31N5O2. The first-order valence-corrected chi connectivity index (χ1v) is 11.0. The van der Waals surface area contributed by atoms with E-state index in [-0.39, 0.29) is 6.10 Å². The van der Waals surface area contributed by atoms with Crippen LogP contribution in [-0.4, -0.2) is 52.0 Å². The van der Waals surface area contributed by atoms with Crippen LogP contribution in [0.15, 0.2) is 12.1 Å². The van der Waals surface area contributed by atoms with Crippen LogP contribution in [0.25, 0.3) is 0 Å². The Labute approximate surface area is 172 Å². The summed E-state index contributed by atoms with van der Waals surface area (Å²) in [5, 5.41) is 12.6. The van der Waals surface area contributed by atoms with Gasteiger partial charge in [-0.2, -0.15) is 0 Å². The fourth-order valence-electron chi connectivity index (χ4n) is 4.88. The fourth-order valence-corrected chi connectivity index (χ4v) is 4.88. The summed E-state index contributed by atoms with van der Waals surface area (Å²) < 4.78 is 14.3. The number of fused-ring (bicyclic) bond motifs is 2. The van der Waals surface area contributed by atoms with Gasteiger partial charge in [-0.15, -0.1) is 10.2 Å². The average Bonchev–Trinajstić information content (AvgIpc) is 3.31. The molecule has 0 bridgehead atoms. The summed E-state index contributed by atoms with van der Waals surface area (Å²) in [5.41, 5.74) is 2.46. The van der Waals surface area contributed by atoms with E-state index in [1.54, 1.807) is 0 Å². The van der Waals surface area contributed by atoms with Gasteiger partial charge in [-0.1, -0.05) is 0 Å². The number of rotatable bonds is 5. The van der Waals surface area contributed by atoms with Crippen LogP contribution in [-0.2, 0) is 26.1 Å². The molecule has 156 valence electrons. The van der Waals surface area contributed by atoms with Crippen LogP contribution in [0.2, 0.25) is 0 Å². The molecule has 1 fully saturated rings. The second kappa shape index (κ2) is 7.95. The summed E-state index contributed by atoms with van der Waals surface area (Å²) in [4.78, 5) is 2.44. The third-order valence-corrected chi connectivity index (χ3v) is 6.34. The highest BCUT2D eigenvalue weighted by Crippen LogP contribution is 2.36. The molecule has 0 saturated carbocycles. The third-order valence-electron chi connectivity index (χ3n) is 6.34. The van der Waals surface area contributed by atoms with Gasteiger partial charge in [0.05, 0.1) is 13.2 Å². The zero-order valence-electron chi connectivity index (χ0n) is 17.5. The first-order chi connectivity index (χ1) is 14.2. The predicted octanol–water partition coefficient (Wildman–Crippen LogP) is 2.48. The maximum Gasteiger partial charge on any atom is 0.147 e. The number of piperidine rings is 1. The minimum Gasteiger partial charge on any atom is -0.494 e. The zero-order chi connectivity index (χ0) is 19.8. The molecule has 1 aromatic heterocycles. The van der Waals surface area contributed by atoms with Crippen molar-refractivity contribution in [2.45, 2.75) is 64.8 Å². The topological polar surface area (TPSA) is 64.4 Å². The lowest BCUT2D eigenvalue weighted by Gasteiger charge is -2.30. The Morgan fingerprint density at radius 1 is 1.21 bits per heavy atom. The van der Waals surface area contributed by atoms with Crippen molar-refractivity contribution in [1.29, 1.82) is 0 Å². The van der Waals surface area contributed by atoms with Gasteiger partial charge in [0.15, 0.2) is 0 Å². The van der Waals surface area contributed by atoms with E-state index in [0.29, 0.717) is 12.5 Å². The van der Waals surface area contributed by atoms with Crippen LogP contribution in [0.4, 0.5) is 0 Å². The maximum atomic E-state index is 5.99. The van der Waals surface area contributed by atoms with Gasteiger partial charge in [0, 0.05) is 43.1 Å². The molecule has 0 spiro atoms. The number of hydrogen-bond acceptors (Lipinski definition) is 6. The van der Waals surface area contributed by atoms with E-state index in [0.717, 1.165) is 75.9 Å². The second-order valence-electron chi connectivity index (χ2n) is 8.49. The number of hydrogen-bond donors (Lipinski definition) is 1. The second-order valence-corrected chi connectivity index (χ2v) is 8.49. The molecule has 3 aliphatic heterocycles. The molecule has 29 heavy (non-hydrogen) atoms.